The summed E-state index contributed by atoms with van der Waals surface area (Å²) in [6, 6.07) is 50.6. The van der Waals surface area contributed by atoms with Gasteiger partial charge in [0.05, 0.1) is 16.6 Å². The van der Waals surface area contributed by atoms with Crippen molar-refractivity contribution < 1.29 is 0 Å². The monoisotopic (exact) mass is 563 g/mol. The number of nitrogens with zero attached hydrogens (tertiary/aromatic N) is 5. The van der Waals surface area contributed by atoms with Gasteiger partial charge in [0.25, 0.3) is 0 Å². The molecule has 0 radical (unpaired) electrons. The van der Waals surface area contributed by atoms with Crippen LogP contribution in [0.15, 0.2) is 152 Å². The van der Waals surface area contributed by atoms with E-state index < -0.39 is 0 Å². The lowest BCUT2D eigenvalue weighted by Crippen LogP contribution is -2.05. The van der Waals surface area contributed by atoms with E-state index in [1.165, 1.54) is 27.2 Å². The van der Waals surface area contributed by atoms with Gasteiger partial charge in [-0.05, 0) is 41.8 Å². The van der Waals surface area contributed by atoms with E-state index in [-0.39, 0.29) is 0 Å². The van der Waals surface area contributed by atoms with Crippen LogP contribution in [0.3, 0.4) is 0 Å². The standard InChI is InChI=1S/C39H25N5/c1-4-12-26(13-5-1)37-40-38(27-14-6-2-7-15-27)42-39(41-37)43-23-22-29-24-33-28(25-35(29)43)20-21-32-31-18-10-11-19-34(31)44(36(32)33)30-16-8-3-9-17-30/h1-25H. The maximum Gasteiger partial charge on any atom is 0.238 e. The van der Waals surface area contributed by atoms with Gasteiger partial charge < -0.3 is 4.57 Å². The summed E-state index contributed by atoms with van der Waals surface area (Å²) in [5.41, 5.74) is 6.51. The number of benzene rings is 6. The highest BCUT2D eigenvalue weighted by Gasteiger charge is 2.17. The molecule has 0 fully saturated rings. The minimum absolute atomic E-state index is 0.589. The maximum absolute atomic E-state index is 4.97. The molecule has 0 N–H and O–H groups in total. The van der Waals surface area contributed by atoms with Crippen molar-refractivity contribution in [2.24, 2.45) is 0 Å². The van der Waals surface area contributed by atoms with Gasteiger partial charge in [-0.25, -0.2) is 4.98 Å². The highest BCUT2D eigenvalue weighted by Crippen LogP contribution is 2.38. The van der Waals surface area contributed by atoms with E-state index >= 15 is 0 Å². The van der Waals surface area contributed by atoms with Crippen LogP contribution in [0.25, 0.3) is 77.9 Å². The summed E-state index contributed by atoms with van der Waals surface area (Å²) < 4.78 is 4.46. The molecule has 5 heteroatoms. The molecule has 3 aromatic heterocycles. The van der Waals surface area contributed by atoms with Crippen molar-refractivity contribution in [2.75, 3.05) is 0 Å². The van der Waals surface area contributed by atoms with E-state index in [1.807, 2.05) is 60.7 Å². The number of rotatable bonds is 4. The van der Waals surface area contributed by atoms with Gasteiger partial charge in [-0.15, -0.1) is 0 Å². The zero-order valence-electron chi connectivity index (χ0n) is 23.7. The third-order valence-electron chi connectivity index (χ3n) is 8.38. The zero-order chi connectivity index (χ0) is 29.0. The van der Waals surface area contributed by atoms with Crippen LogP contribution in [0.4, 0.5) is 0 Å². The molecule has 9 rings (SSSR count). The molecule has 0 amide bonds. The van der Waals surface area contributed by atoms with Crippen molar-refractivity contribution >= 4 is 43.5 Å². The molecule has 44 heavy (non-hydrogen) atoms. The second kappa shape index (κ2) is 9.75. The van der Waals surface area contributed by atoms with E-state index in [1.54, 1.807) is 0 Å². The molecule has 0 atom stereocenters. The van der Waals surface area contributed by atoms with E-state index in [4.69, 9.17) is 15.0 Å². The van der Waals surface area contributed by atoms with Crippen LogP contribution in [0.2, 0.25) is 0 Å². The molecule has 3 heterocycles. The first-order valence-electron chi connectivity index (χ1n) is 14.7. The fourth-order valence-electron chi connectivity index (χ4n) is 6.34. The van der Waals surface area contributed by atoms with Gasteiger partial charge in [0, 0.05) is 44.6 Å². The van der Waals surface area contributed by atoms with Crippen molar-refractivity contribution in [1.29, 1.82) is 0 Å². The molecular weight excluding hydrogens is 538 g/mol. The summed E-state index contributed by atoms with van der Waals surface area (Å²) in [4.78, 5) is 14.8. The third-order valence-corrected chi connectivity index (χ3v) is 8.38. The van der Waals surface area contributed by atoms with Crippen molar-refractivity contribution in [3.8, 4) is 34.4 Å². The smallest absolute Gasteiger partial charge is 0.238 e. The van der Waals surface area contributed by atoms with Gasteiger partial charge in [0.2, 0.25) is 5.95 Å². The van der Waals surface area contributed by atoms with Gasteiger partial charge in [0.1, 0.15) is 0 Å². The van der Waals surface area contributed by atoms with Crippen LogP contribution in [-0.4, -0.2) is 24.1 Å². The Morgan fingerprint density at radius 3 is 1.77 bits per heavy atom. The fraction of sp³-hybridized carbons (Fsp3) is 0. The number of fused-ring (bicyclic) bond motifs is 6. The number of hydrogen-bond acceptors (Lipinski definition) is 3. The fourth-order valence-corrected chi connectivity index (χ4v) is 6.34. The van der Waals surface area contributed by atoms with Crippen LogP contribution in [0, 0.1) is 0 Å². The van der Waals surface area contributed by atoms with Crippen LogP contribution < -0.4 is 0 Å². The molecule has 0 saturated carbocycles. The first-order chi connectivity index (χ1) is 21.8. The van der Waals surface area contributed by atoms with Crippen molar-refractivity contribution in [3.63, 3.8) is 0 Å². The Hall–Kier alpha value is -6.07. The molecule has 206 valence electrons. The van der Waals surface area contributed by atoms with Crippen LogP contribution in [0.1, 0.15) is 0 Å². The largest absolute Gasteiger partial charge is 0.309 e. The normalized spacial score (nSPS) is 11.6. The Morgan fingerprint density at radius 2 is 1.07 bits per heavy atom. The molecule has 0 spiro atoms. The summed E-state index contributed by atoms with van der Waals surface area (Å²) >= 11 is 0. The quantitative estimate of drug-likeness (QED) is 0.214. The van der Waals surface area contributed by atoms with Gasteiger partial charge >= 0.3 is 0 Å². The SMILES string of the molecule is c1ccc(-c2nc(-c3ccccc3)nc(-n3ccc4cc5c(ccc6c7ccccc7n(-c7ccccc7)c56)cc43)n2)cc1. The first-order valence-corrected chi connectivity index (χ1v) is 14.7. The van der Waals surface area contributed by atoms with E-state index in [2.05, 4.69) is 100 Å². The number of aromatic nitrogens is 5. The predicted octanol–water partition coefficient (Wildman–Crippen LogP) is 9.40. The van der Waals surface area contributed by atoms with Crippen LogP contribution in [-0.2, 0) is 0 Å². The van der Waals surface area contributed by atoms with Crippen LogP contribution in [0.5, 0.6) is 0 Å². The van der Waals surface area contributed by atoms with Crippen molar-refractivity contribution in [3.05, 3.63) is 152 Å². The number of hydrogen-bond donors (Lipinski definition) is 0. The van der Waals surface area contributed by atoms with Crippen molar-refractivity contribution in [1.82, 2.24) is 24.1 Å². The van der Waals surface area contributed by atoms with Gasteiger partial charge in [-0.3, -0.25) is 4.57 Å². The molecule has 0 unspecified atom stereocenters. The Kier molecular flexibility index (Phi) is 5.43. The maximum atomic E-state index is 4.97. The lowest BCUT2D eigenvalue weighted by Gasteiger charge is -2.11. The van der Waals surface area contributed by atoms with Gasteiger partial charge in [-0.2, -0.15) is 9.97 Å². The molecule has 0 bridgehead atoms. The van der Waals surface area contributed by atoms with Gasteiger partial charge in [0.15, 0.2) is 11.6 Å². The van der Waals surface area contributed by atoms with E-state index in [9.17, 15) is 0 Å². The Morgan fingerprint density at radius 1 is 0.432 bits per heavy atom. The molecule has 0 saturated heterocycles. The average Bonchev–Trinajstić information content (AvgIpc) is 3.67. The third kappa shape index (κ3) is 3.83. The Labute approximate surface area is 253 Å². The first kappa shape index (κ1) is 24.5. The molecule has 0 aliphatic heterocycles. The lowest BCUT2D eigenvalue weighted by molar-refractivity contribution is 0.934. The summed E-state index contributed by atoms with van der Waals surface area (Å²) in [5.74, 6) is 1.88. The van der Waals surface area contributed by atoms with Crippen molar-refractivity contribution in [2.45, 2.75) is 0 Å². The Balaban J connectivity index is 1.30. The Bertz CT molecular complexity index is 2420. The highest BCUT2D eigenvalue weighted by atomic mass is 15.2. The minimum atomic E-state index is 0.589. The van der Waals surface area contributed by atoms with E-state index in [0.717, 1.165) is 33.1 Å². The molecule has 6 aromatic carbocycles. The van der Waals surface area contributed by atoms with Gasteiger partial charge in [-0.1, -0.05) is 109 Å². The summed E-state index contributed by atoms with van der Waals surface area (Å²) in [5, 5.41) is 5.98. The number of para-hydroxylation sites is 2. The van der Waals surface area contributed by atoms with Crippen LogP contribution >= 0.6 is 0 Å². The average molecular weight is 564 g/mol. The summed E-state index contributed by atoms with van der Waals surface area (Å²) in [7, 11) is 0. The zero-order valence-corrected chi connectivity index (χ0v) is 23.7. The van der Waals surface area contributed by atoms with E-state index in [0.29, 0.717) is 17.6 Å². The molecular formula is C39H25N5. The molecule has 0 aliphatic rings. The molecule has 0 aliphatic carbocycles. The second-order valence-corrected chi connectivity index (χ2v) is 11.0. The summed E-state index contributed by atoms with van der Waals surface area (Å²) in [6.07, 6.45) is 2.06. The molecule has 9 aromatic rings. The predicted molar refractivity (Wildman–Crippen MR) is 179 cm³/mol. The topological polar surface area (TPSA) is 48.5 Å². The lowest BCUT2D eigenvalue weighted by atomic mass is 10.0. The minimum Gasteiger partial charge on any atom is -0.309 e. The summed E-state index contributed by atoms with van der Waals surface area (Å²) in [6.45, 7) is 0. The second-order valence-electron chi connectivity index (χ2n) is 11.0. The highest BCUT2D eigenvalue weighted by molar-refractivity contribution is 6.20. The molecule has 5 nitrogen and oxygen atoms in total.